The van der Waals surface area contributed by atoms with Gasteiger partial charge in [0.15, 0.2) is 0 Å². The number of carbonyl (C=O) groups is 1. The van der Waals surface area contributed by atoms with E-state index in [4.69, 9.17) is 5.73 Å². The van der Waals surface area contributed by atoms with Crippen molar-refractivity contribution in [1.82, 2.24) is 0 Å². The van der Waals surface area contributed by atoms with Crippen LogP contribution in [0.3, 0.4) is 0 Å². The van der Waals surface area contributed by atoms with Gasteiger partial charge < -0.3 is 63.7 Å². The molecule has 0 bridgehead atoms. The van der Waals surface area contributed by atoms with Crippen molar-refractivity contribution in [2.24, 2.45) is 5.73 Å². The molecule has 0 rings (SSSR count). The molecule has 26 heavy (non-hydrogen) atoms. The minimum atomic E-state index is -6.00. The third-order valence-electron chi connectivity index (χ3n) is 0.407. The van der Waals surface area contributed by atoms with E-state index in [9.17, 15) is 56.6 Å². The zero-order valence-electron chi connectivity index (χ0n) is 15.7. The van der Waals surface area contributed by atoms with Crippen LogP contribution in [0.5, 0.6) is 0 Å². The van der Waals surface area contributed by atoms with Gasteiger partial charge in [-0.05, 0) is 20.8 Å². The van der Waals surface area contributed by atoms with E-state index in [0.29, 0.717) is 0 Å². The molecular weight excluding hydrogens is 430 g/mol. The van der Waals surface area contributed by atoms with Gasteiger partial charge in [0.05, 0.1) is 0 Å². The Morgan fingerprint density at radius 3 is 0.846 bits per heavy atom. The summed E-state index contributed by atoms with van der Waals surface area (Å²) in [4.78, 5) is 10.0. The van der Waals surface area contributed by atoms with E-state index in [-0.39, 0.29) is 52.8 Å². The van der Waals surface area contributed by atoms with Gasteiger partial charge in [-0.2, -0.15) is 0 Å². The van der Waals surface area contributed by atoms with E-state index in [0.717, 1.165) is 0 Å². The molecule has 0 aliphatic heterocycles. The molecule has 0 aromatic carbocycles. The number of rotatable bonds is 0. The van der Waals surface area contributed by atoms with E-state index in [1.165, 1.54) is 0 Å². The van der Waals surface area contributed by atoms with E-state index >= 15 is 0 Å². The zero-order chi connectivity index (χ0) is 22.3. The second kappa shape index (κ2) is 18.6. The first-order chi connectivity index (χ1) is 10.4. The van der Waals surface area contributed by atoms with Gasteiger partial charge >= 0.3 is 79.2 Å². The minimum Gasteiger partial charge on any atom is -1.00 e. The molecule has 0 spiro atoms. The third kappa shape index (κ3) is 474. The summed E-state index contributed by atoms with van der Waals surface area (Å²) in [6.45, 7) is 9.28. The minimum absolute atomic E-state index is 0. The average molecular weight is 448 g/mol. The normalized spacial score (nSPS) is 10.5. The fraction of sp³-hybridized carbons (Fsp3) is 0.857. The predicted molar refractivity (Wildman–Crippen MR) is 73.4 cm³/mol. The summed E-state index contributed by atoms with van der Waals surface area (Å²) in [6.07, 6.45) is -0.725. The summed E-state index contributed by atoms with van der Waals surface area (Å²) in [5, 5.41) is 0. The Bertz CT molecular complexity index is 278. The monoisotopic (exact) mass is 448 g/mol. The Morgan fingerprint density at radius 2 is 0.846 bits per heavy atom. The van der Waals surface area contributed by atoms with Crippen molar-refractivity contribution in [1.29, 1.82) is 0 Å². The van der Waals surface area contributed by atoms with E-state index < -0.39 is 33.5 Å². The predicted octanol–water partition coefficient (Wildman–Crippen LogP) is 2.92. The molecule has 19 heteroatoms. The maximum atomic E-state index is 10.0. The summed E-state index contributed by atoms with van der Waals surface area (Å²) in [5.74, 6) is 0. The van der Waals surface area contributed by atoms with Crippen LogP contribution in [0.1, 0.15) is 36.0 Å². The number of hydrogen-bond acceptors (Lipinski definition) is 2. The molecule has 0 fully saturated rings. The molecule has 2 N–H and O–H groups in total. The second-order valence-corrected chi connectivity index (χ2v) is 4.02. The Kier molecular flexibility index (Phi) is 29.2. The molecule has 0 aliphatic rings. The fourth-order valence-corrected chi connectivity index (χ4v) is 0.302. The molecule has 0 heterocycles. The van der Waals surface area contributed by atoms with Gasteiger partial charge in [-0.1, -0.05) is 13.8 Å². The number of ether oxygens (including phenoxy) is 1. The van der Waals surface area contributed by atoms with Crippen LogP contribution in [0.4, 0.5) is 56.6 Å². The van der Waals surface area contributed by atoms with Crippen molar-refractivity contribution in [3.63, 3.8) is 0 Å². The van der Waals surface area contributed by atoms with Gasteiger partial charge in [0.1, 0.15) is 5.60 Å². The van der Waals surface area contributed by atoms with Crippen LogP contribution in [-0.4, -0.2) is 33.5 Å². The van der Waals surface area contributed by atoms with Crippen LogP contribution in [0.15, 0.2) is 0 Å². The Morgan fingerprint density at radius 1 is 0.731 bits per heavy atom. The van der Waals surface area contributed by atoms with Crippen LogP contribution in [-0.2, 0) is 4.74 Å². The molecule has 0 unspecified atom stereocenters. The van der Waals surface area contributed by atoms with Gasteiger partial charge in [-0.15, -0.1) is 0 Å². The average Bonchev–Trinajstić information content (AvgIpc) is 2.07. The van der Waals surface area contributed by atoms with Gasteiger partial charge in [0.25, 0.3) is 0 Å². The molecule has 0 saturated carbocycles. The summed E-state index contributed by atoms with van der Waals surface area (Å²) >= 11 is 0. The molecule has 0 atom stereocenters. The number of nitrogens with two attached hydrogens (primary N) is 1. The third-order valence-corrected chi connectivity index (χ3v) is 0.407. The maximum Gasteiger partial charge on any atom is 1.00 e. The SMILES string of the molecule is CC.CC(C)(C)OC(N)=O.F[B-](F)(F)F.F[B-](F)(F)F.F[B-](F)(F)F.[H-].[K+]. The van der Waals surface area contributed by atoms with Crippen molar-refractivity contribution >= 4 is 27.9 Å². The summed E-state index contributed by atoms with van der Waals surface area (Å²) < 4.78 is 122. The van der Waals surface area contributed by atoms with E-state index in [1.807, 2.05) is 13.8 Å². The number of amides is 1. The van der Waals surface area contributed by atoms with Gasteiger partial charge in [0, 0.05) is 0 Å². The largest absolute Gasteiger partial charge is 1.00 e. The molecule has 0 aromatic rings. The first kappa shape index (κ1) is 40.8. The van der Waals surface area contributed by atoms with Gasteiger partial charge in [-0.3, -0.25) is 0 Å². The molecule has 0 aliphatic carbocycles. The van der Waals surface area contributed by atoms with Crippen molar-refractivity contribution < 1.29 is 114 Å². The molecule has 0 saturated heterocycles. The smallest absolute Gasteiger partial charge is 1.00 e. The van der Waals surface area contributed by atoms with Crippen LogP contribution in [0.2, 0.25) is 0 Å². The quantitative estimate of drug-likeness (QED) is 0.459. The number of primary amides is 1. The Balaban J connectivity index is -0.0000000382. The molecule has 3 nitrogen and oxygen atoms in total. The van der Waals surface area contributed by atoms with Crippen LogP contribution >= 0.6 is 0 Å². The van der Waals surface area contributed by atoms with Crippen LogP contribution in [0.25, 0.3) is 0 Å². The molecule has 1 amide bonds. The molecule has 0 aromatic heterocycles. The van der Waals surface area contributed by atoms with Gasteiger partial charge in [-0.25, -0.2) is 4.79 Å². The number of halogens is 12. The van der Waals surface area contributed by atoms with Crippen molar-refractivity contribution in [3.05, 3.63) is 0 Å². The standard InChI is InChI=1S/C5H11NO2.C2H6.3BF4.K.H/c1-5(2,3)8-4(6)7;1-2;3*2-1(3,4)5;;/h1-3H3,(H2,6,7);1-2H3;;;;;/q;;3*-1;+1;-1. The summed E-state index contributed by atoms with van der Waals surface area (Å²) in [5.41, 5.74) is 4.26. The van der Waals surface area contributed by atoms with Crippen molar-refractivity contribution in [2.45, 2.75) is 40.2 Å². The van der Waals surface area contributed by atoms with Crippen molar-refractivity contribution in [2.75, 3.05) is 0 Å². The van der Waals surface area contributed by atoms with Crippen molar-refractivity contribution in [3.8, 4) is 0 Å². The zero-order valence-corrected chi connectivity index (χ0v) is 17.8. The first-order valence-electron chi connectivity index (χ1n) is 6.02. The molecule has 160 valence electrons. The molecule has 0 radical (unpaired) electrons. The van der Waals surface area contributed by atoms with Gasteiger partial charge in [0.2, 0.25) is 0 Å². The Labute approximate surface area is 187 Å². The number of hydrogen-bond donors (Lipinski definition) is 1. The second-order valence-electron chi connectivity index (χ2n) is 4.02. The topological polar surface area (TPSA) is 52.3 Å². The van der Waals surface area contributed by atoms with E-state index in [1.54, 1.807) is 20.8 Å². The maximum absolute atomic E-state index is 10.0. The summed E-state index contributed by atoms with van der Waals surface area (Å²) in [7, 11) is -18.0. The van der Waals surface area contributed by atoms with E-state index in [2.05, 4.69) is 4.74 Å². The first-order valence-corrected chi connectivity index (χ1v) is 6.02. The van der Waals surface area contributed by atoms with Crippen LogP contribution in [0, 0.1) is 0 Å². The summed E-state index contributed by atoms with van der Waals surface area (Å²) in [6, 6.07) is 0. The fourth-order valence-electron chi connectivity index (χ4n) is 0.302. The van der Waals surface area contributed by atoms with Crippen LogP contribution < -0.4 is 57.1 Å². The Hall–Kier alpha value is 0.261. The molecular formula is C7H18B3F12KNO2-3. The number of carbonyl (C=O) groups excluding carboxylic acids is 1.